The normalized spacial score (nSPS) is 27.3. The van der Waals surface area contributed by atoms with Crippen molar-refractivity contribution in [2.75, 3.05) is 24.5 Å². The van der Waals surface area contributed by atoms with Crippen molar-refractivity contribution >= 4 is 28.5 Å². The molecule has 2 amide bonds. The van der Waals surface area contributed by atoms with Crippen LogP contribution in [0.1, 0.15) is 90.1 Å². The molecular weight excluding hydrogens is 498 g/mol. The van der Waals surface area contributed by atoms with Gasteiger partial charge in [0.1, 0.15) is 5.60 Å². The molecule has 3 aliphatic heterocycles. The number of thiazole rings is 1. The van der Waals surface area contributed by atoms with Gasteiger partial charge in [-0.25, -0.2) is 18.6 Å². The van der Waals surface area contributed by atoms with E-state index in [2.05, 4.69) is 18.7 Å². The van der Waals surface area contributed by atoms with Gasteiger partial charge in [-0.1, -0.05) is 25.2 Å². The number of aromatic nitrogens is 1. The molecule has 0 spiro atoms. The number of hydrogen-bond donors (Lipinski definition) is 0. The Hall–Kier alpha value is -1.97. The fraction of sp³-hybridized carbons (Fsp3) is 0.815. The molecular formula is C27H40F2N4O3S. The number of carbonyl (C=O) groups is 2. The molecule has 1 aliphatic carbocycles. The molecule has 206 valence electrons. The average Bonchev–Trinajstić information content (AvgIpc) is 3.31. The molecule has 2 unspecified atom stereocenters. The molecule has 4 aliphatic rings. The van der Waals surface area contributed by atoms with Crippen LogP contribution in [0.5, 0.6) is 0 Å². The van der Waals surface area contributed by atoms with Gasteiger partial charge in [0.15, 0.2) is 5.13 Å². The van der Waals surface area contributed by atoms with Crippen LogP contribution < -0.4 is 4.90 Å². The summed E-state index contributed by atoms with van der Waals surface area (Å²) in [4.78, 5) is 38.3. The molecule has 1 aromatic heterocycles. The number of fused-ring (bicyclic) bond motifs is 3. The number of alkyl halides is 2. The number of nitrogens with zero attached hydrogens (tertiary/aromatic N) is 4. The summed E-state index contributed by atoms with van der Waals surface area (Å²) in [7, 11) is 0. The van der Waals surface area contributed by atoms with Gasteiger partial charge in [-0.05, 0) is 52.4 Å². The van der Waals surface area contributed by atoms with Crippen molar-refractivity contribution in [2.24, 2.45) is 5.92 Å². The summed E-state index contributed by atoms with van der Waals surface area (Å²) >= 11 is 1.67. The number of rotatable bonds is 3. The fourth-order valence-corrected chi connectivity index (χ4v) is 7.81. The van der Waals surface area contributed by atoms with Gasteiger partial charge in [-0.15, -0.1) is 0 Å². The van der Waals surface area contributed by atoms with Crippen molar-refractivity contribution in [2.45, 2.75) is 115 Å². The molecule has 4 heterocycles. The summed E-state index contributed by atoms with van der Waals surface area (Å²) in [5, 5.41) is 0.984. The van der Waals surface area contributed by atoms with Crippen molar-refractivity contribution in [3.05, 3.63) is 10.6 Å². The first-order valence-electron chi connectivity index (χ1n) is 13.6. The van der Waals surface area contributed by atoms with Gasteiger partial charge >= 0.3 is 6.09 Å². The van der Waals surface area contributed by atoms with E-state index >= 15 is 0 Å². The Labute approximate surface area is 222 Å². The number of ether oxygens (including phenoxy) is 1. The number of likely N-dealkylation sites (tertiary alicyclic amines) is 1. The van der Waals surface area contributed by atoms with Crippen molar-refractivity contribution in [1.29, 1.82) is 0 Å². The predicted octanol–water partition coefficient (Wildman–Crippen LogP) is 5.57. The minimum Gasteiger partial charge on any atom is -0.444 e. The molecule has 2 saturated heterocycles. The molecule has 3 fully saturated rings. The summed E-state index contributed by atoms with van der Waals surface area (Å²) < 4.78 is 32.7. The number of carbonyl (C=O) groups excluding carboxylic acids is 2. The Kier molecular flexibility index (Phi) is 6.73. The second-order valence-electron chi connectivity index (χ2n) is 13.1. The highest BCUT2D eigenvalue weighted by Gasteiger charge is 2.46. The number of hydrogen-bond acceptors (Lipinski definition) is 6. The minimum absolute atomic E-state index is 0.0468. The van der Waals surface area contributed by atoms with E-state index in [4.69, 9.17) is 9.72 Å². The summed E-state index contributed by atoms with van der Waals surface area (Å²) in [5.41, 5.74) is 0.260. The third kappa shape index (κ3) is 5.59. The Morgan fingerprint density at radius 2 is 1.68 bits per heavy atom. The standard InChI is InChI=1S/C27H40F2N4O3S/c1-25(2,3)36-24(35)31-13-18-6-7-19(14-31)33(18)23-30-22-20(37-23)15-32(16-26(22,4)5)21(34)12-17-8-10-27(28,29)11-9-17/h17-19H,6-16H2,1-5H3. The van der Waals surface area contributed by atoms with Crippen LogP contribution in [-0.2, 0) is 21.5 Å². The zero-order valence-electron chi connectivity index (χ0n) is 22.7. The lowest BCUT2D eigenvalue weighted by molar-refractivity contribution is -0.135. The third-order valence-electron chi connectivity index (χ3n) is 8.26. The van der Waals surface area contributed by atoms with Crippen LogP contribution >= 0.6 is 11.3 Å². The van der Waals surface area contributed by atoms with Crippen molar-refractivity contribution in [3.8, 4) is 0 Å². The molecule has 0 radical (unpaired) electrons. The Morgan fingerprint density at radius 3 is 2.27 bits per heavy atom. The summed E-state index contributed by atoms with van der Waals surface area (Å²) in [6, 6.07) is 0.424. The van der Waals surface area contributed by atoms with E-state index < -0.39 is 11.5 Å². The highest BCUT2D eigenvalue weighted by Crippen LogP contribution is 2.44. The first kappa shape index (κ1) is 26.6. The van der Waals surface area contributed by atoms with Crippen LogP contribution in [0.15, 0.2) is 0 Å². The van der Waals surface area contributed by atoms with Crippen LogP contribution in [-0.4, -0.2) is 70.0 Å². The SMILES string of the molecule is CC(C)(C)OC(=O)N1CC2CCC(C1)N2c1nc2c(s1)CN(C(=O)CC1CCC(F)(F)CC1)CC2(C)C. The Morgan fingerprint density at radius 1 is 1.05 bits per heavy atom. The molecule has 1 saturated carbocycles. The highest BCUT2D eigenvalue weighted by atomic mass is 32.1. The molecule has 2 bridgehead atoms. The van der Waals surface area contributed by atoms with E-state index in [0.717, 1.165) is 28.5 Å². The Bertz CT molecular complexity index is 1030. The minimum atomic E-state index is -2.57. The van der Waals surface area contributed by atoms with Gasteiger partial charge in [0.05, 0.1) is 12.2 Å². The zero-order chi connectivity index (χ0) is 26.8. The zero-order valence-corrected chi connectivity index (χ0v) is 23.5. The molecule has 5 rings (SSSR count). The first-order chi connectivity index (χ1) is 17.2. The monoisotopic (exact) mass is 538 g/mol. The van der Waals surface area contributed by atoms with Gasteiger partial charge in [-0.2, -0.15) is 0 Å². The topological polar surface area (TPSA) is 66.0 Å². The summed E-state index contributed by atoms with van der Waals surface area (Å²) in [6.07, 6.45) is 2.76. The van der Waals surface area contributed by atoms with Crippen LogP contribution in [0.3, 0.4) is 0 Å². The van der Waals surface area contributed by atoms with Gasteiger partial charge in [0.2, 0.25) is 11.8 Å². The number of halogens is 2. The smallest absolute Gasteiger partial charge is 0.410 e. The molecule has 1 aromatic rings. The second-order valence-corrected chi connectivity index (χ2v) is 14.1. The van der Waals surface area contributed by atoms with E-state index in [1.54, 1.807) is 11.3 Å². The van der Waals surface area contributed by atoms with Crippen molar-refractivity contribution in [3.63, 3.8) is 0 Å². The van der Waals surface area contributed by atoms with Crippen LogP contribution in [0.4, 0.5) is 18.7 Å². The molecule has 7 nitrogen and oxygen atoms in total. The molecule has 2 atom stereocenters. The van der Waals surface area contributed by atoms with Gasteiger partial charge in [0.25, 0.3) is 0 Å². The number of anilines is 1. The van der Waals surface area contributed by atoms with Crippen molar-refractivity contribution < 1.29 is 23.1 Å². The van der Waals surface area contributed by atoms with E-state index in [-0.39, 0.29) is 48.3 Å². The first-order valence-corrected chi connectivity index (χ1v) is 14.4. The highest BCUT2D eigenvalue weighted by molar-refractivity contribution is 7.15. The van der Waals surface area contributed by atoms with E-state index in [1.807, 2.05) is 30.6 Å². The lowest BCUT2D eigenvalue weighted by atomic mass is 9.83. The quantitative estimate of drug-likeness (QED) is 0.504. The molecule has 0 N–H and O–H groups in total. The van der Waals surface area contributed by atoms with E-state index in [0.29, 0.717) is 45.4 Å². The maximum Gasteiger partial charge on any atom is 0.410 e. The fourth-order valence-electron chi connectivity index (χ4n) is 6.41. The molecule has 37 heavy (non-hydrogen) atoms. The molecule has 0 aromatic carbocycles. The van der Waals surface area contributed by atoms with Gasteiger partial charge < -0.3 is 19.4 Å². The Balaban J connectivity index is 1.27. The largest absolute Gasteiger partial charge is 0.444 e. The van der Waals surface area contributed by atoms with Crippen LogP contribution in [0.2, 0.25) is 0 Å². The van der Waals surface area contributed by atoms with Crippen molar-refractivity contribution in [1.82, 2.24) is 14.8 Å². The van der Waals surface area contributed by atoms with Gasteiger partial charge in [0, 0.05) is 61.3 Å². The number of piperazine rings is 1. The predicted molar refractivity (Wildman–Crippen MR) is 139 cm³/mol. The van der Waals surface area contributed by atoms with E-state index in [9.17, 15) is 18.4 Å². The average molecular weight is 539 g/mol. The lowest BCUT2D eigenvalue weighted by Gasteiger charge is -2.41. The maximum absolute atomic E-state index is 13.5. The van der Waals surface area contributed by atoms with Crippen LogP contribution in [0.25, 0.3) is 0 Å². The lowest BCUT2D eigenvalue weighted by Crippen LogP contribution is -2.56. The van der Waals surface area contributed by atoms with Gasteiger partial charge in [-0.3, -0.25) is 4.79 Å². The number of amides is 2. The second kappa shape index (κ2) is 9.35. The summed E-state index contributed by atoms with van der Waals surface area (Å²) in [5.74, 6) is -2.46. The van der Waals surface area contributed by atoms with Crippen LogP contribution in [0, 0.1) is 5.92 Å². The van der Waals surface area contributed by atoms with E-state index in [1.165, 1.54) is 0 Å². The third-order valence-corrected chi connectivity index (χ3v) is 9.31. The maximum atomic E-state index is 13.5. The molecule has 10 heteroatoms. The summed E-state index contributed by atoms with van der Waals surface area (Å²) in [6.45, 7) is 12.3.